The van der Waals surface area contributed by atoms with Crippen LogP contribution in [0.1, 0.15) is 73.1 Å². The Morgan fingerprint density at radius 3 is 1.82 bits per heavy atom. The van der Waals surface area contributed by atoms with Gasteiger partial charge in [-0.1, -0.05) is 66.7 Å². The van der Waals surface area contributed by atoms with Crippen LogP contribution in [-0.4, -0.2) is 0 Å². The Balaban J connectivity index is 1.99. The first-order valence-electron chi connectivity index (χ1n) is 8.15. The lowest BCUT2D eigenvalue weighted by Crippen LogP contribution is -2.30. The molecule has 0 bridgehead atoms. The molecule has 0 N–H and O–H groups in total. The minimum atomic E-state index is 0.809. The van der Waals surface area contributed by atoms with Crippen molar-refractivity contribution in [2.24, 2.45) is 35.0 Å². The Morgan fingerprint density at radius 2 is 1.47 bits per heavy atom. The zero-order valence-corrected chi connectivity index (χ0v) is 12.6. The van der Waals surface area contributed by atoms with Gasteiger partial charge in [-0.3, -0.25) is 0 Å². The van der Waals surface area contributed by atoms with Crippen LogP contribution in [0.3, 0.4) is 0 Å². The Labute approximate surface area is 109 Å². The van der Waals surface area contributed by atoms with Gasteiger partial charge < -0.3 is 0 Å². The largest absolute Gasteiger partial charge is 0.0654 e. The molecule has 0 spiro atoms. The molecule has 0 heterocycles. The van der Waals surface area contributed by atoms with E-state index in [-0.39, 0.29) is 0 Å². The smallest absolute Gasteiger partial charge is 0.0201 e. The number of hydrogen-bond donors (Lipinski definition) is 0. The van der Waals surface area contributed by atoms with E-state index in [1.807, 2.05) is 0 Å². The number of fused-ring (bicyclic) bond motifs is 1. The van der Waals surface area contributed by atoms with Crippen LogP contribution in [0.4, 0.5) is 0 Å². The van der Waals surface area contributed by atoms with Gasteiger partial charge in [0, 0.05) is 0 Å². The average Bonchev–Trinajstić information content (AvgIpc) is 3.18. The van der Waals surface area contributed by atoms with Gasteiger partial charge in [-0.05, 0) is 41.4 Å². The zero-order chi connectivity index (χ0) is 12.6. The predicted molar refractivity (Wildman–Crippen MR) is 76.0 cm³/mol. The molecule has 2 saturated carbocycles. The third-order valence-electron chi connectivity index (χ3n) is 6.07. The Hall–Kier alpha value is 0. The fourth-order valence-corrected chi connectivity index (χ4v) is 5.27. The number of hydrogen-bond acceptors (Lipinski definition) is 0. The lowest BCUT2D eigenvalue weighted by atomic mass is 9.68. The highest BCUT2D eigenvalue weighted by atomic mass is 14.9. The van der Waals surface area contributed by atoms with Crippen molar-refractivity contribution in [3.8, 4) is 0 Å². The second kappa shape index (κ2) is 4.94. The quantitative estimate of drug-likeness (QED) is 0.520. The second-order valence-electron chi connectivity index (χ2n) is 6.90. The lowest BCUT2D eigenvalue weighted by molar-refractivity contribution is 0.115. The van der Waals surface area contributed by atoms with Gasteiger partial charge in [-0.25, -0.2) is 0 Å². The third-order valence-corrected chi connectivity index (χ3v) is 6.07. The maximum atomic E-state index is 2.59. The summed E-state index contributed by atoms with van der Waals surface area (Å²) in [4.78, 5) is 0. The molecule has 0 amide bonds. The molecule has 3 unspecified atom stereocenters. The number of rotatable bonds is 8. The van der Waals surface area contributed by atoms with Gasteiger partial charge in [0.1, 0.15) is 0 Å². The van der Waals surface area contributed by atoms with Crippen LogP contribution >= 0.6 is 0 Å². The molecule has 2 aliphatic carbocycles. The highest BCUT2D eigenvalue weighted by molar-refractivity contribution is 5.28. The van der Waals surface area contributed by atoms with Crippen molar-refractivity contribution in [1.29, 1.82) is 0 Å². The molecule has 0 heteroatoms. The standard InChI is InChI=1S/C17H32/c1-6-9-14(10-7-2)13(5)17(11-8-3)15-12(4)16(15)17/h12-16H,6-11H2,1-5H3. The van der Waals surface area contributed by atoms with E-state index in [4.69, 9.17) is 0 Å². The maximum Gasteiger partial charge on any atom is -0.0201 e. The average molecular weight is 236 g/mol. The van der Waals surface area contributed by atoms with Crippen LogP contribution in [-0.2, 0) is 0 Å². The molecule has 2 aliphatic rings. The monoisotopic (exact) mass is 236 g/mol. The van der Waals surface area contributed by atoms with Crippen LogP contribution in [0.5, 0.6) is 0 Å². The molecule has 0 radical (unpaired) electrons. The molecular weight excluding hydrogens is 204 g/mol. The maximum absolute atomic E-state index is 2.59. The van der Waals surface area contributed by atoms with Crippen LogP contribution in [0.15, 0.2) is 0 Å². The molecule has 3 atom stereocenters. The zero-order valence-electron chi connectivity index (χ0n) is 12.6. The third kappa shape index (κ3) is 1.96. The van der Waals surface area contributed by atoms with Crippen LogP contribution in [0, 0.1) is 35.0 Å². The highest BCUT2D eigenvalue weighted by Crippen LogP contribution is 2.86. The Morgan fingerprint density at radius 1 is 0.941 bits per heavy atom. The SMILES string of the molecule is CCCC(CCC)C(C)C1(CCC)C2C(C)C21. The van der Waals surface area contributed by atoms with Crippen molar-refractivity contribution in [2.75, 3.05) is 0 Å². The molecule has 0 aromatic heterocycles. The molecule has 17 heavy (non-hydrogen) atoms. The van der Waals surface area contributed by atoms with E-state index >= 15 is 0 Å². The van der Waals surface area contributed by atoms with Gasteiger partial charge in [-0.15, -0.1) is 0 Å². The first-order valence-corrected chi connectivity index (χ1v) is 8.15. The first kappa shape index (κ1) is 13.4. The summed E-state index contributed by atoms with van der Waals surface area (Å²) in [7, 11) is 0. The molecule has 100 valence electrons. The highest BCUT2D eigenvalue weighted by Gasteiger charge is 2.81. The van der Waals surface area contributed by atoms with Crippen LogP contribution < -0.4 is 0 Å². The summed E-state index contributed by atoms with van der Waals surface area (Å²) in [5.74, 6) is 5.35. The van der Waals surface area contributed by atoms with Gasteiger partial charge in [-0.2, -0.15) is 0 Å². The molecular formula is C17H32. The minimum Gasteiger partial charge on any atom is -0.0654 e. The van der Waals surface area contributed by atoms with E-state index in [2.05, 4.69) is 34.6 Å². The fraction of sp³-hybridized carbons (Fsp3) is 1.00. The van der Waals surface area contributed by atoms with Gasteiger partial charge in [0.15, 0.2) is 0 Å². The summed E-state index contributed by atoms with van der Waals surface area (Å²) >= 11 is 0. The molecule has 0 aromatic carbocycles. The van der Waals surface area contributed by atoms with Gasteiger partial charge in [0.2, 0.25) is 0 Å². The lowest BCUT2D eigenvalue weighted by Gasteiger charge is -2.37. The van der Waals surface area contributed by atoms with E-state index < -0.39 is 0 Å². The van der Waals surface area contributed by atoms with Crippen LogP contribution in [0.25, 0.3) is 0 Å². The molecule has 0 aliphatic heterocycles. The van der Waals surface area contributed by atoms with E-state index in [0.29, 0.717) is 0 Å². The van der Waals surface area contributed by atoms with E-state index in [1.54, 1.807) is 0 Å². The predicted octanol–water partition coefficient (Wildman–Crippen LogP) is 5.52. The normalized spacial score (nSPS) is 40.2. The second-order valence-corrected chi connectivity index (χ2v) is 6.90. The molecule has 2 fully saturated rings. The van der Waals surface area contributed by atoms with Crippen molar-refractivity contribution >= 4 is 0 Å². The molecule has 2 rings (SSSR count). The summed E-state index contributed by atoms with van der Waals surface area (Å²) in [6.07, 6.45) is 8.60. The van der Waals surface area contributed by atoms with Crippen LogP contribution in [0.2, 0.25) is 0 Å². The summed E-state index contributed by atoms with van der Waals surface area (Å²) in [6, 6.07) is 0. The van der Waals surface area contributed by atoms with Crippen molar-refractivity contribution in [3.63, 3.8) is 0 Å². The van der Waals surface area contributed by atoms with Gasteiger partial charge in [0.05, 0.1) is 0 Å². The van der Waals surface area contributed by atoms with Crippen molar-refractivity contribution < 1.29 is 0 Å². The summed E-state index contributed by atoms with van der Waals surface area (Å²) < 4.78 is 0. The molecule has 0 aromatic rings. The topological polar surface area (TPSA) is 0 Å². The van der Waals surface area contributed by atoms with E-state index in [9.17, 15) is 0 Å². The Kier molecular flexibility index (Phi) is 3.90. The fourth-order valence-electron chi connectivity index (χ4n) is 5.27. The summed E-state index contributed by atoms with van der Waals surface area (Å²) in [6.45, 7) is 12.2. The first-order chi connectivity index (χ1) is 8.15. The summed E-state index contributed by atoms with van der Waals surface area (Å²) in [5.41, 5.74) is 0.809. The molecule has 0 nitrogen and oxygen atoms in total. The minimum absolute atomic E-state index is 0.809. The van der Waals surface area contributed by atoms with Gasteiger partial charge in [0.25, 0.3) is 0 Å². The summed E-state index contributed by atoms with van der Waals surface area (Å²) in [5, 5.41) is 0. The van der Waals surface area contributed by atoms with Crippen molar-refractivity contribution in [2.45, 2.75) is 73.1 Å². The van der Waals surface area contributed by atoms with Crippen molar-refractivity contribution in [1.82, 2.24) is 0 Å². The van der Waals surface area contributed by atoms with Crippen molar-refractivity contribution in [3.05, 3.63) is 0 Å². The van der Waals surface area contributed by atoms with E-state index in [0.717, 1.165) is 35.0 Å². The Bertz CT molecular complexity index is 239. The van der Waals surface area contributed by atoms with E-state index in [1.165, 1.54) is 38.5 Å². The van der Waals surface area contributed by atoms with Gasteiger partial charge >= 0.3 is 0 Å². The molecule has 0 saturated heterocycles.